The minimum Gasteiger partial charge on any atom is -0.341 e. The van der Waals surface area contributed by atoms with Crippen LogP contribution in [0.3, 0.4) is 0 Å². The van der Waals surface area contributed by atoms with Gasteiger partial charge >= 0.3 is 11.7 Å². The number of urea groups is 1. The summed E-state index contributed by atoms with van der Waals surface area (Å²) in [6, 6.07) is 15.3. The fourth-order valence-corrected chi connectivity index (χ4v) is 4.20. The maximum Gasteiger partial charge on any atom is 0.333 e. The Morgan fingerprint density at radius 3 is 2.50 bits per heavy atom. The van der Waals surface area contributed by atoms with Gasteiger partial charge in [0.05, 0.1) is 28.4 Å². The number of fused-ring (bicyclic) bond motifs is 3. The van der Waals surface area contributed by atoms with Crippen molar-refractivity contribution in [3.63, 3.8) is 0 Å². The molecule has 170 valence electrons. The van der Waals surface area contributed by atoms with Crippen molar-refractivity contribution in [3.05, 3.63) is 82.5 Å². The summed E-state index contributed by atoms with van der Waals surface area (Å²) < 4.78 is 3.41. The number of amides is 2. The molecule has 0 fully saturated rings. The van der Waals surface area contributed by atoms with E-state index in [4.69, 9.17) is 0 Å². The molecule has 2 aromatic carbocycles. The molecule has 5 rings (SSSR count). The van der Waals surface area contributed by atoms with Gasteiger partial charge in [-0.2, -0.15) is 0 Å². The van der Waals surface area contributed by atoms with E-state index in [1.54, 1.807) is 41.7 Å². The summed E-state index contributed by atoms with van der Waals surface area (Å²) in [5.74, 6) is 0.458. The Labute approximate surface area is 195 Å². The molecule has 2 amide bonds. The van der Waals surface area contributed by atoms with Gasteiger partial charge < -0.3 is 5.32 Å². The van der Waals surface area contributed by atoms with Crippen LogP contribution in [0.15, 0.2) is 65.7 Å². The fraction of sp³-hybridized carbons (Fsp3) is 0.154. The summed E-state index contributed by atoms with van der Waals surface area (Å²) >= 11 is 0. The SMILES string of the molecule is CNC(=O)Nc1ccc(-c2ccc3ncc4c(c3c2)n(-c2cccc(C)c2C)c(=O)n4C)cn1. The Bertz CT molecular complexity index is 1630. The molecule has 0 radical (unpaired) electrons. The first kappa shape index (κ1) is 21.4. The number of imidazole rings is 1. The second-order valence-electron chi connectivity index (χ2n) is 8.26. The number of aromatic nitrogens is 4. The van der Waals surface area contributed by atoms with Crippen molar-refractivity contribution in [2.45, 2.75) is 13.8 Å². The molecule has 0 spiro atoms. The van der Waals surface area contributed by atoms with Crippen LogP contribution in [0.5, 0.6) is 0 Å². The molecule has 0 unspecified atom stereocenters. The van der Waals surface area contributed by atoms with Crippen molar-refractivity contribution in [2.24, 2.45) is 7.05 Å². The molecule has 0 bridgehead atoms. The third-order valence-electron chi connectivity index (χ3n) is 6.27. The number of anilines is 1. The standard InChI is InChI=1S/C26H24N6O2/c1-15-6-5-7-21(16(15)2)32-24-19-12-17(18-9-11-23(29-13-18)30-25(33)27-3)8-10-20(19)28-14-22(24)31(4)26(32)34/h5-14H,1-4H3,(H2,27,29,30,33). The largest absolute Gasteiger partial charge is 0.341 e. The second-order valence-corrected chi connectivity index (χ2v) is 8.26. The van der Waals surface area contributed by atoms with Crippen molar-refractivity contribution in [1.29, 1.82) is 0 Å². The molecule has 0 atom stereocenters. The molecule has 0 aliphatic carbocycles. The van der Waals surface area contributed by atoms with Crippen molar-refractivity contribution < 1.29 is 4.79 Å². The Kier molecular flexibility index (Phi) is 5.13. The molecule has 0 aliphatic heterocycles. The summed E-state index contributed by atoms with van der Waals surface area (Å²) in [4.78, 5) is 33.8. The zero-order valence-corrected chi connectivity index (χ0v) is 19.4. The van der Waals surface area contributed by atoms with Gasteiger partial charge in [-0.1, -0.05) is 18.2 Å². The maximum absolute atomic E-state index is 13.3. The minimum absolute atomic E-state index is 0.116. The van der Waals surface area contributed by atoms with E-state index in [-0.39, 0.29) is 11.7 Å². The highest BCUT2D eigenvalue weighted by atomic mass is 16.2. The van der Waals surface area contributed by atoms with E-state index in [1.165, 1.54) is 0 Å². The third kappa shape index (κ3) is 3.40. The van der Waals surface area contributed by atoms with Crippen LogP contribution in [-0.2, 0) is 7.05 Å². The summed E-state index contributed by atoms with van der Waals surface area (Å²) in [5, 5.41) is 6.04. The highest BCUT2D eigenvalue weighted by molar-refractivity contribution is 6.04. The van der Waals surface area contributed by atoms with Crippen LogP contribution in [0.2, 0.25) is 0 Å². The van der Waals surface area contributed by atoms with Crippen molar-refractivity contribution >= 4 is 33.8 Å². The lowest BCUT2D eigenvalue weighted by Crippen LogP contribution is -2.24. The highest BCUT2D eigenvalue weighted by Gasteiger charge is 2.18. The van der Waals surface area contributed by atoms with E-state index in [2.05, 4.69) is 20.6 Å². The molecule has 3 heterocycles. The van der Waals surface area contributed by atoms with Crippen LogP contribution in [0.25, 0.3) is 38.8 Å². The summed E-state index contributed by atoms with van der Waals surface area (Å²) in [6.07, 6.45) is 3.46. The molecule has 0 saturated heterocycles. The van der Waals surface area contributed by atoms with E-state index in [9.17, 15) is 9.59 Å². The molecular formula is C26H24N6O2. The van der Waals surface area contributed by atoms with Crippen LogP contribution in [0.4, 0.5) is 10.6 Å². The van der Waals surface area contributed by atoms with E-state index in [0.29, 0.717) is 5.82 Å². The van der Waals surface area contributed by atoms with E-state index >= 15 is 0 Å². The lowest BCUT2D eigenvalue weighted by Gasteiger charge is -2.11. The number of nitrogens with one attached hydrogen (secondary N) is 2. The number of pyridine rings is 2. The van der Waals surface area contributed by atoms with E-state index < -0.39 is 0 Å². The number of hydrogen-bond acceptors (Lipinski definition) is 4. The minimum atomic E-state index is -0.326. The van der Waals surface area contributed by atoms with Gasteiger partial charge in [0.1, 0.15) is 5.82 Å². The summed E-state index contributed by atoms with van der Waals surface area (Å²) in [6.45, 7) is 4.08. The number of hydrogen-bond donors (Lipinski definition) is 2. The number of nitrogens with zero attached hydrogens (tertiary/aromatic N) is 4. The Morgan fingerprint density at radius 2 is 1.76 bits per heavy atom. The summed E-state index contributed by atoms with van der Waals surface area (Å²) in [5.41, 5.74) is 7.13. The van der Waals surface area contributed by atoms with E-state index in [0.717, 1.165) is 49.9 Å². The number of benzene rings is 2. The van der Waals surface area contributed by atoms with Gasteiger partial charge in [-0.3, -0.25) is 19.4 Å². The van der Waals surface area contributed by atoms with Crippen LogP contribution >= 0.6 is 0 Å². The van der Waals surface area contributed by atoms with Crippen LogP contribution in [-0.4, -0.2) is 32.2 Å². The first-order valence-corrected chi connectivity index (χ1v) is 10.9. The molecule has 0 aliphatic rings. The van der Waals surface area contributed by atoms with Gasteiger partial charge in [0.15, 0.2) is 0 Å². The maximum atomic E-state index is 13.3. The molecule has 34 heavy (non-hydrogen) atoms. The lowest BCUT2D eigenvalue weighted by atomic mass is 10.0. The van der Waals surface area contributed by atoms with Gasteiger partial charge in [0, 0.05) is 31.2 Å². The first-order valence-electron chi connectivity index (χ1n) is 10.9. The molecule has 8 heteroatoms. The Morgan fingerprint density at radius 1 is 0.971 bits per heavy atom. The number of aryl methyl sites for hydroxylation is 2. The third-order valence-corrected chi connectivity index (χ3v) is 6.27. The van der Waals surface area contributed by atoms with Crippen molar-refractivity contribution in [3.8, 4) is 16.8 Å². The quantitative estimate of drug-likeness (QED) is 0.427. The Hall–Kier alpha value is -4.46. The predicted octanol–water partition coefficient (Wildman–Crippen LogP) is 4.31. The topological polar surface area (TPSA) is 93.8 Å². The zero-order valence-electron chi connectivity index (χ0n) is 19.4. The Balaban J connectivity index is 1.73. The van der Waals surface area contributed by atoms with Crippen LogP contribution in [0.1, 0.15) is 11.1 Å². The second kappa shape index (κ2) is 8.15. The lowest BCUT2D eigenvalue weighted by molar-refractivity contribution is 0.254. The molecule has 0 saturated carbocycles. The molecular weight excluding hydrogens is 428 g/mol. The smallest absolute Gasteiger partial charge is 0.333 e. The molecule has 2 N–H and O–H groups in total. The number of carbonyl (C=O) groups excluding carboxylic acids is 1. The van der Waals surface area contributed by atoms with E-state index in [1.807, 2.05) is 56.3 Å². The van der Waals surface area contributed by atoms with Crippen LogP contribution in [0, 0.1) is 13.8 Å². The van der Waals surface area contributed by atoms with Gasteiger partial charge in [-0.25, -0.2) is 14.6 Å². The highest BCUT2D eigenvalue weighted by Crippen LogP contribution is 2.30. The van der Waals surface area contributed by atoms with Gasteiger partial charge in [0.25, 0.3) is 0 Å². The number of rotatable bonds is 3. The van der Waals surface area contributed by atoms with Gasteiger partial charge in [-0.15, -0.1) is 0 Å². The first-order chi connectivity index (χ1) is 16.4. The predicted molar refractivity (Wildman–Crippen MR) is 135 cm³/mol. The van der Waals surface area contributed by atoms with Gasteiger partial charge in [0.2, 0.25) is 0 Å². The molecule has 3 aromatic heterocycles. The average molecular weight is 453 g/mol. The van der Waals surface area contributed by atoms with Gasteiger partial charge in [-0.05, 0) is 60.9 Å². The zero-order chi connectivity index (χ0) is 24.0. The normalized spacial score (nSPS) is 11.2. The van der Waals surface area contributed by atoms with Crippen LogP contribution < -0.4 is 16.3 Å². The van der Waals surface area contributed by atoms with Crippen molar-refractivity contribution in [2.75, 3.05) is 12.4 Å². The molecule has 5 aromatic rings. The average Bonchev–Trinajstić information content (AvgIpc) is 3.11. The molecule has 8 nitrogen and oxygen atoms in total. The number of carbonyl (C=O) groups is 1. The monoisotopic (exact) mass is 452 g/mol. The summed E-state index contributed by atoms with van der Waals surface area (Å²) in [7, 11) is 3.32. The fourth-order valence-electron chi connectivity index (χ4n) is 4.20. The van der Waals surface area contributed by atoms with Crippen molar-refractivity contribution in [1.82, 2.24) is 24.4 Å².